The molecule has 1 fully saturated rings. The van der Waals surface area contributed by atoms with Gasteiger partial charge in [-0.2, -0.15) is 5.10 Å². The summed E-state index contributed by atoms with van der Waals surface area (Å²) in [7, 11) is 0. The number of halogens is 1. The minimum absolute atomic E-state index is 0.116. The van der Waals surface area contributed by atoms with Crippen LogP contribution in [0.5, 0.6) is 0 Å². The Morgan fingerprint density at radius 2 is 2.00 bits per heavy atom. The molecule has 0 bridgehead atoms. The van der Waals surface area contributed by atoms with Crippen LogP contribution in [0.15, 0.2) is 6.07 Å². The first-order chi connectivity index (χ1) is 8.43. The van der Waals surface area contributed by atoms with Gasteiger partial charge in [0.1, 0.15) is 12.5 Å². The first-order valence-corrected chi connectivity index (χ1v) is 6.53. The number of likely N-dealkylation sites (tertiary alicyclic amines) is 1. The number of hydrogen-bond acceptors (Lipinski definition) is 3. The molecule has 0 radical (unpaired) electrons. The van der Waals surface area contributed by atoms with Gasteiger partial charge in [0, 0.05) is 23.7 Å². The van der Waals surface area contributed by atoms with Gasteiger partial charge in [0.05, 0.1) is 0 Å². The molecule has 0 amide bonds. The number of nitrogens with zero attached hydrogens (tertiary/aromatic N) is 2. The molecular formula is C13H25FN4. The Morgan fingerprint density at radius 1 is 1.39 bits per heavy atom. The maximum atomic E-state index is 11.6. The van der Waals surface area contributed by atoms with Gasteiger partial charge in [0.2, 0.25) is 0 Å². The van der Waals surface area contributed by atoms with Crippen molar-refractivity contribution in [1.29, 1.82) is 0 Å². The highest BCUT2D eigenvalue weighted by atomic mass is 19.1. The van der Waals surface area contributed by atoms with Crippen molar-refractivity contribution in [3.05, 3.63) is 11.8 Å². The van der Waals surface area contributed by atoms with E-state index in [0.717, 1.165) is 18.8 Å². The van der Waals surface area contributed by atoms with E-state index in [1.807, 2.05) is 6.07 Å². The Kier molecular flexibility index (Phi) is 5.59. The zero-order chi connectivity index (χ0) is 13.6. The van der Waals surface area contributed by atoms with Gasteiger partial charge in [-0.1, -0.05) is 20.8 Å². The highest BCUT2D eigenvalue weighted by molar-refractivity contribution is 5.31. The highest BCUT2D eigenvalue weighted by Gasteiger charge is 2.15. The molecule has 0 unspecified atom stereocenters. The summed E-state index contributed by atoms with van der Waals surface area (Å²) >= 11 is 0. The maximum Gasteiger partial charge on any atom is 0.145 e. The van der Waals surface area contributed by atoms with Crippen LogP contribution in [0, 0.1) is 0 Å². The summed E-state index contributed by atoms with van der Waals surface area (Å²) in [4.78, 5) is 2.17. The number of nitrogens with one attached hydrogen (secondary N) is 1. The molecule has 104 valence electrons. The molecule has 0 saturated carbocycles. The summed E-state index contributed by atoms with van der Waals surface area (Å²) in [6, 6.07) is 1.86. The predicted octanol–water partition coefficient (Wildman–Crippen LogP) is 2.34. The standard InChI is InChI=1S/C7H13N3.C6H12FN/c1-7(2,3)5-4-6(8)10-9-5;7-3-6-8-4-1-2-5-8/h4H,1-3H3,(H3,8,9,10);1-6H2. The highest BCUT2D eigenvalue weighted by Crippen LogP contribution is 2.20. The Balaban J connectivity index is 0.000000184. The lowest BCUT2D eigenvalue weighted by atomic mass is 9.92. The Morgan fingerprint density at radius 3 is 2.33 bits per heavy atom. The lowest BCUT2D eigenvalue weighted by Crippen LogP contribution is -2.21. The minimum atomic E-state index is -0.181. The van der Waals surface area contributed by atoms with Crippen molar-refractivity contribution in [2.75, 3.05) is 32.0 Å². The summed E-state index contributed by atoms with van der Waals surface area (Å²) in [5.74, 6) is 0.560. The topological polar surface area (TPSA) is 57.9 Å². The Bertz CT molecular complexity index is 337. The molecule has 18 heavy (non-hydrogen) atoms. The van der Waals surface area contributed by atoms with E-state index < -0.39 is 0 Å². The van der Waals surface area contributed by atoms with Crippen molar-refractivity contribution in [2.45, 2.75) is 39.0 Å². The zero-order valence-electron chi connectivity index (χ0n) is 11.7. The molecule has 0 aliphatic carbocycles. The fourth-order valence-electron chi connectivity index (χ4n) is 1.85. The van der Waals surface area contributed by atoms with Gasteiger partial charge in [0.25, 0.3) is 0 Å². The third-order valence-corrected chi connectivity index (χ3v) is 3.01. The number of hydrogen-bond donors (Lipinski definition) is 2. The van der Waals surface area contributed by atoms with Gasteiger partial charge in [-0.15, -0.1) is 0 Å². The monoisotopic (exact) mass is 256 g/mol. The molecule has 4 nitrogen and oxygen atoms in total. The summed E-state index contributed by atoms with van der Waals surface area (Å²) < 4.78 is 11.6. The number of alkyl halides is 1. The SMILES string of the molecule is CC(C)(C)c1cc(N)n[nH]1.FCCN1CCCC1. The molecule has 1 aliphatic rings. The lowest BCUT2D eigenvalue weighted by Gasteiger charge is -2.14. The quantitative estimate of drug-likeness (QED) is 0.854. The number of aromatic nitrogens is 2. The second-order valence-corrected chi connectivity index (χ2v) is 5.69. The fourth-order valence-corrected chi connectivity index (χ4v) is 1.85. The minimum Gasteiger partial charge on any atom is -0.382 e. The molecule has 1 aromatic heterocycles. The average molecular weight is 256 g/mol. The fraction of sp³-hybridized carbons (Fsp3) is 0.769. The molecule has 1 aromatic rings. The molecule has 2 heterocycles. The third kappa shape index (κ3) is 5.04. The van der Waals surface area contributed by atoms with Crippen molar-refractivity contribution < 1.29 is 4.39 Å². The largest absolute Gasteiger partial charge is 0.382 e. The van der Waals surface area contributed by atoms with E-state index in [9.17, 15) is 4.39 Å². The summed E-state index contributed by atoms with van der Waals surface area (Å²) in [5, 5.41) is 6.71. The number of rotatable bonds is 2. The Hall–Kier alpha value is -1.10. The van der Waals surface area contributed by atoms with Gasteiger partial charge < -0.3 is 10.6 Å². The first kappa shape index (κ1) is 15.0. The third-order valence-electron chi connectivity index (χ3n) is 3.01. The van der Waals surface area contributed by atoms with Gasteiger partial charge in [-0.25, -0.2) is 4.39 Å². The Labute approximate surface area is 109 Å². The second-order valence-electron chi connectivity index (χ2n) is 5.69. The number of nitrogen functional groups attached to an aromatic ring is 1. The van der Waals surface area contributed by atoms with Gasteiger partial charge in [-0.05, 0) is 25.9 Å². The lowest BCUT2D eigenvalue weighted by molar-refractivity contribution is 0.297. The maximum absolute atomic E-state index is 11.6. The van der Waals surface area contributed by atoms with Crippen molar-refractivity contribution in [3.8, 4) is 0 Å². The van der Waals surface area contributed by atoms with Crippen LogP contribution in [0.4, 0.5) is 10.2 Å². The number of nitrogens with two attached hydrogens (primary N) is 1. The summed E-state index contributed by atoms with van der Waals surface area (Å²) in [5.41, 5.74) is 6.62. The van der Waals surface area contributed by atoms with Crippen LogP contribution in [0.25, 0.3) is 0 Å². The van der Waals surface area contributed by atoms with Crippen LogP contribution in [0.1, 0.15) is 39.3 Å². The van der Waals surface area contributed by atoms with E-state index in [0.29, 0.717) is 12.4 Å². The van der Waals surface area contributed by atoms with Gasteiger partial charge in [-0.3, -0.25) is 5.10 Å². The van der Waals surface area contributed by atoms with Gasteiger partial charge >= 0.3 is 0 Å². The molecule has 0 atom stereocenters. The number of anilines is 1. The molecular weight excluding hydrogens is 231 g/mol. The van der Waals surface area contributed by atoms with Crippen molar-refractivity contribution in [2.24, 2.45) is 0 Å². The normalized spacial score (nSPS) is 16.4. The molecule has 2 rings (SSSR count). The molecule has 5 heteroatoms. The molecule has 1 aliphatic heterocycles. The van der Waals surface area contributed by atoms with Crippen molar-refractivity contribution in [3.63, 3.8) is 0 Å². The number of aromatic amines is 1. The van der Waals surface area contributed by atoms with E-state index in [2.05, 4.69) is 35.9 Å². The summed E-state index contributed by atoms with van der Waals surface area (Å²) in [6.07, 6.45) is 2.53. The zero-order valence-corrected chi connectivity index (χ0v) is 11.7. The van der Waals surface area contributed by atoms with Crippen LogP contribution in [0.3, 0.4) is 0 Å². The smallest absolute Gasteiger partial charge is 0.145 e. The van der Waals surface area contributed by atoms with Gasteiger partial charge in [0.15, 0.2) is 0 Å². The van der Waals surface area contributed by atoms with Crippen LogP contribution in [0.2, 0.25) is 0 Å². The average Bonchev–Trinajstić information content (AvgIpc) is 2.89. The van der Waals surface area contributed by atoms with E-state index >= 15 is 0 Å². The predicted molar refractivity (Wildman–Crippen MR) is 73.3 cm³/mol. The number of H-pyrrole nitrogens is 1. The molecule has 3 N–H and O–H groups in total. The van der Waals surface area contributed by atoms with E-state index in [1.54, 1.807) is 0 Å². The first-order valence-electron chi connectivity index (χ1n) is 6.53. The van der Waals surface area contributed by atoms with Crippen molar-refractivity contribution in [1.82, 2.24) is 15.1 Å². The van der Waals surface area contributed by atoms with Crippen molar-refractivity contribution >= 4 is 5.82 Å². The summed E-state index contributed by atoms with van der Waals surface area (Å²) in [6.45, 7) is 9.04. The van der Waals surface area contributed by atoms with Crippen LogP contribution >= 0.6 is 0 Å². The van der Waals surface area contributed by atoms with E-state index in [4.69, 9.17) is 5.73 Å². The second kappa shape index (κ2) is 6.73. The van der Waals surface area contributed by atoms with Crippen LogP contribution in [-0.2, 0) is 5.41 Å². The molecule has 0 aromatic carbocycles. The molecule has 0 spiro atoms. The van der Waals surface area contributed by atoms with E-state index in [1.165, 1.54) is 12.8 Å². The van der Waals surface area contributed by atoms with E-state index in [-0.39, 0.29) is 12.1 Å². The van der Waals surface area contributed by atoms with Crippen LogP contribution in [-0.4, -0.2) is 41.4 Å². The van der Waals surface area contributed by atoms with Crippen LogP contribution < -0.4 is 5.73 Å². The molecule has 1 saturated heterocycles.